The summed E-state index contributed by atoms with van der Waals surface area (Å²) in [5, 5.41) is 2.14. The maximum Gasteiger partial charge on any atom is 0.409 e. The molecule has 0 aliphatic carbocycles. The molecule has 0 saturated carbocycles. The summed E-state index contributed by atoms with van der Waals surface area (Å²) in [5.41, 5.74) is 0. The highest BCUT2D eigenvalue weighted by Gasteiger charge is 2.42. The molecule has 3 rings (SSSR count). The number of hydrogen-bond acceptors (Lipinski definition) is 3. The Morgan fingerprint density at radius 1 is 0.640 bits per heavy atom. The van der Waals surface area contributed by atoms with Gasteiger partial charge in [-0.05, 0) is 29.4 Å². The minimum absolute atomic E-state index is 0.139. The number of rotatable bonds is 8. The molecule has 0 unspecified atom stereocenters. The van der Waals surface area contributed by atoms with Crippen LogP contribution in [0.25, 0.3) is 0 Å². The molecule has 0 N–H and O–H groups in total. The van der Waals surface area contributed by atoms with Crippen LogP contribution in [0.3, 0.4) is 0 Å². The minimum atomic E-state index is -2.83. The predicted octanol–water partition coefficient (Wildman–Crippen LogP) is 3.33. The van der Waals surface area contributed by atoms with E-state index in [0.29, 0.717) is 6.61 Å². The molecule has 0 radical (unpaired) electrons. The smallest absolute Gasteiger partial charge is 0.409 e. The van der Waals surface area contributed by atoms with Crippen LogP contribution in [-0.4, -0.2) is 22.0 Å². The zero-order valence-corrected chi connectivity index (χ0v) is 15.3. The Bertz CT molecular complexity index is 708. The summed E-state index contributed by atoms with van der Waals surface area (Å²) in [6.07, 6.45) is 0. The molecule has 3 aromatic rings. The Kier molecular flexibility index (Phi) is 6.01. The highest BCUT2D eigenvalue weighted by molar-refractivity contribution is 6.92. The van der Waals surface area contributed by atoms with Gasteiger partial charge in [0.05, 0.1) is 0 Å². The van der Waals surface area contributed by atoms with Crippen molar-refractivity contribution in [2.45, 2.75) is 6.92 Å². The van der Waals surface area contributed by atoms with Gasteiger partial charge >= 0.3 is 8.56 Å². The first-order valence-electron chi connectivity index (χ1n) is 8.42. The lowest BCUT2D eigenvalue weighted by atomic mass is 10.3. The normalized spacial score (nSPS) is 11.2. The van der Waals surface area contributed by atoms with Gasteiger partial charge in [-0.2, -0.15) is 0 Å². The van der Waals surface area contributed by atoms with Crippen LogP contribution in [0, 0.1) is 0 Å². The molecule has 128 valence electrons. The SMILES string of the molecule is CCO[Si](OCOc1ccccc1)(c1ccccc1)c1ccccc1. The van der Waals surface area contributed by atoms with E-state index in [-0.39, 0.29) is 6.79 Å². The Labute approximate surface area is 150 Å². The summed E-state index contributed by atoms with van der Waals surface area (Å²) >= 11 is 0. The number of para-hydroxylation sites is 1. The molecular weight excluding hydrogens is 328 g/mol. The van der Waals surface area contributed by atoms with E-state index in [0.717, 1.165) is 16.1 Å². The van der Waals surface area contributed by atoms with Crippen molar-refractivity contribution in [3.8, 4) is 5.75 Å². The van der Waals surface area contributed by atoms with E-state index in [1.807, 2.05) is 73.7 Å². The van der Waals surface area contributed by atoms with Gasteiger partial charge in [0.15, 0.2) is 6.79 Å². The van der Waals surface area contributed by atoms with Crippen LogP contribution >= 0.6 is 0 Å². The first-order chi connectivity index (χ1) is 12.3. The summed E-state index contributed by atoms with van der Waals surface area (Å²) in [7, 11) is -2.83. The van der Waals surface area contributed by atoms with Crippen molar-refractivity contribution < 1.29 is 13.6 Å². The van der Waals surface area contributed by atoms with Crippen LogP contribution in [0.2, 0.25) is 0 Å². The molecule has 0 saturated heterocycles. The molecule has 3 aromatic carbocycles. The monoisotopic (exact) mass is 350 g/mol. The molecule has 0 atom stereocenters. The molecular formula is C21H22O3Si. The number of benzene rings is 3. The van der Waals surface area contributed by atoms with Gasteiger partial charge in [-0.1, -0.05) is 78.9 Å². The average molecular weight is 350 g/mol. The Morgan fingerprint density at radius 2 is 1.12 bits per heavy atom. The van der Waals surface area contributed by atoms with E-state index in [1.54, 1.807) is 0 Å². The highest BCUT2D eigenvalue weighted by Crippen LogP contribution is 2.13. The van der Waals surface area contributed by atoms with Gasteiger partial charge in [-0.15, -0.1) is 0 Å². The zero-order valence-electron chi connectivity index (χ0n) is 14.3. The molecule has 0 heterocycles. The van der Waals surface area contributed by atoms with Crippen molar-refractivity contribution >= 4 is 18.9 Å². The third-order valence-electron chi connectivity index (χ3n) is 3.89. The summed E-state index contributed by atoms with van der Waals surface area (Å²) in [5.74, 6) is 0.781. The second-order valence-electron chi connectivity index (χ2n) is 5.50. The van der Waals surface area contributed by atoms with Gasteiger partial charge in [0.1, 0.15) is 5.75 Å². The quantitative estimate of drug-likeness (QED) is 0.461. The van der Waals surface area contributed by atoms with Gasteiger partial charge in [-0.3, -0.25) is 0 Å². The standard InChI is InChI=1S/C21H22O3Si/c1-2-23-25(20-14-8-4-9-15-20,21-16-10-5-11-17-21)24-18-22-19-12-6-3-7-13-19/h3-17H,2,18H2,1H3. The predicted molar refractivity (Wildman–Crippen MR) is 103 cm³/mol. The minimum Gasteiger partial charge on any atom is -0.468 e. The fourth-order valence-electron chi connectivity index (χ4n) is 2.76. The van der Waals surface area contributed by atoms with Gasteiger partial charge in [-0.25, -0.2) is 0 Å². The van der Waals surface area contributed by atoms with E-state index in [2.05, 4.69) is 24.3 Å². The van der Waals surface area contributed by atoms with E-state index >= 15 is 0 Å². The summed E-state index contributed by atoms with van der Waals surface area (Å²) in [6, 6.07) is 30.0. The Morgan fingerprint density at radius 3 is 1.60 bits per heavy atom. The van der Waals surface area contributed by atoms with Gasteiger partial charge in [0, 0.05) is 6.61 Å². The lowest BCUT2D eigenvalue weighted by Gasteiger charge is -2.31. The molecule has 0 amide bonds. The van der Waals surface area contributed by atoms with Crippen LogP contribution in [0.5, 0.6) is 5.75 Å². The van der Waals surface area contributed by atoms with Crippen LogP contribution in [-0.2, 0) is 8.85 Å². The van der Waals surface area contributed by atoms with Crippen molar-refractivity contribution in [3.05, 3.63) is 91.0 Å². The van der Waals surface area contributed by atoms with Crippen molar-refractivity contribution in [1.29, 1.82) is 0 Å². The van der Waals surface area contributed by atoms with Crippen LogP contribution in [0.1, 0.15) is 6.92 Å². The molecule has 0 spiro atoms. The molecule has 0 aliphatic rings. The molecule has 0 bridgehead atoms. The molecule has 25 heavy (non-hydrogen) atoms. The highest BCUT2D eigenvalue weighted by atomic mass is 28.4. The number of hydrogen-bond donors (Lipinski definition) is 0. The van der Waals surface area contributed by atoms with Crippen LogP contribution in [0.4, 0.5) is 0 Å². The first-order valence-corrected chi connectivity index (χ1v) is 10.2. The number of ether oxygens (including phenoxy) is 1. The van der Waals surface area contributed by atoms with E-state index in [4.69, 9.17) is 13.6 Å². The lowest BCUT2D eigenvalue weighted by Crippen LogP contribution is -2.63. The first kappa shape index (κ1) is 17.4. The third kappa shape index (κ3) is 4.17. The Balaban J connectivity index is 1.90. The van der Waals surface area contributed by atoms with Gasteiger partial charge < -0.3 is 13.6 Å². The van der Waals surface area contributed by atoms with Crippen LogP contribution in [0.15, 0.2) is 91.0 Å². The van der Waals surface area contributed by atoms with Gasteiger partial charge in [0.25, 0.3) is 0 Å². The molecule has 0 fully saturated rings. The van der Waals surface area contributed by atoms with Crippen molar-refractivity contribution in [1.82, 2.24) is 0 Å². The third-order valence-corrected chi connectivity index (χ3v) is 7.29. The Hall–Kier alpha value is -2.40. The summed E-state index contributed by atoms with van der Waals surface area (Å²) in [6.45, 7) is 2.70. The van der Waals surface area contributed by atoms with Gasteiger partial charge in [0.2, 0.25) is 0 Å². The average Bonchev–Trinajstić information content (AvgIpc) is 2.69. The topological polar surface area (TPSA) is 27.7 Å². The van der Waals surface area contributed by atoms with E-state index < -0.39 is 8.56 Å². The fourth-order valence-corrected chi connectivity index (χ4v) is 5.73. The molecule has 3 nitrogen and oxygen atoms in total. The molecule has 0 aliphatic heterocycles. The second-order valence-corrected chi connectivity index (χ2v) is 8.47. The van der Waals surface area contributed by atoms with Crippen molar-refractivity contribution in [2.24, 2.45) is 0 Å². The summed E-state index contributed by atoms with van der Waals surface area (Å²) < 4.78 is 18.4. The van der Waals surface area contributed by atoms with Crippen LogP contribution < -0.4 is 15.1 Å². The van der Waals surface area contributed by atoms with E-state index in [1.165, 1.54) is 0 Å². The fraction of sp³-hybridized carbons (Fsp3) is 0.143. The zero-order chi connectivity index (χ0) is 17.4. The lowest BCUT2D eigenvalue weighted by molar-refractivity contribution is 0.0824. The molecule has 0 aromatic heterocycles. The summed E-state index contributed by atoms with van der Waals surface area (Å²) in [4.78, 5) is 0. The molecule has 4 heteroatoms. The second kappa shape index (κ2) is 8.62. The largest absolute Gasteiger partial charge is 0.468 e. The maximum atomic E-state index is 6.34. The maximum absolute atomic E-state index is 6.34. The van der Waals surface area contributed by atoms with E-state index in [9.17, 15) is 0 Å². The van der Waals surface area contributed by atoms with Crippen molar-refractivity contribution in [3.63, 3.8) is 0 Å². The van der Waals surface area contributed by atoms with Crippen molar-refractivity contribution in [2.75, 3.05) is 13.4 Å².